The zero-order chi connectivity index (χ0) is 15.2. The number of carbonyl (C=O) groups excluding carboxylic acids is 2. The van der Waals surface area contributed by atoms with Crippen molar-refractivity contribution in [3.05, 3.63) is 52.2 Å². The predicted octanol–water partition coefficient (Wildman–Crippen LogP) is 2.75. The Morgan fingerprint density at radius 2 is 2.00 bits per heavy atom. The van der Waals surface area contributed by atoms with Crippen molar-refractivity contribution < 1.29 is 23.1 Å². The number of carbonyl (C=O) groups is 2. The van der Waals surface area contributed by atoms with Crippen LogP contribution in [0.2, 0.25) is 0 Å². The number of nitrogens with one attached hydrogen (secondary N) is 1. The molecule has 0 saturated carbocycles. The van der Waals surface area contributed by atoms with Crippen LogP contribution in [0.3, 0.4) is 0 Å². The van der Waals surface area contributed by atoms with Gasteiger partial charge in [-0.05, 0) is 34.5 Å². The second kappa shape index (κ2) is 6.94. The number of hydrogen-bond acceptors (Lipinski definition) is 4. The maximum Gasteiger partial charge on any atom is 0.310 e. The number of ether oxygens (including phenoxy) is 1. The van der Waals surface area contributed by atoms with Gasteiger partial charge >= 0.3 is 5.97 Å². The normalized spacial score (nSPS) is 10.2. The predicted molar refractivity (Wildman–Crippen MR) is 74.0 cm³/mol. The highest BCUT2D eigenvalue weighted by atomic mass is 32.1. The Hall–Kier alpha value is -2.28. The first kappa shape index (κ1) is 15.1. The molecule has 0 aliphatic heterocycles. The molecule has 2 rings (SSSR count). The monoisotopic (exact) mass is 311 g/mol. The van der Waals surface area contributed by atoms with Gasteiger partial charge in [-0.2, -0.15) is 11.3 Å². The summed E-state index contributed by atoms with van der Waals surface area (Å²) in [6, 6.07) is 4.74. The molecule has 0 saturated heterocycles. The molecule has 0 aliphatic rings. The van der Waals surface area contributed by atoms with E-state index in [1.807, 2.05) is 10.8 Å². The van der Waals surface area contributed by atoms with E-state index in [0.29, 0.717) is 0 Å². The van der Waals surface area contributed by atoms with Gasteiger partial charge in [0.15, 0.2) is 18.2 Å². The third-order valence-corrected chi connectivity index (χ3v) is 3.23. The number of esters is 1. The lowest BCUT2D eigenvalue weighted by atomic mass is 10.2. The van der Waals surface area contributed by atoms with Crippen LogP contribution in [0.5, 0.6) is 0 Å². The molecule has 1 heterocycles. The van der Waals surface area contributed by atoms with Gasteiger partial charge in [0.2, 0.25) is 0 Å². The fourth-order valence-electron chi connectivity index (χ4n) is 1.53. The molecule has 0 bridgehead atoms. The van der Waals surface area contributed by atoms with Crippen molar-refractivity contribution in [2.75, 3.05) is 11.9 Å². The first-order valence-corrected chi connectivity index (χ1v) is 6.90. The van der Waals surface area contributed by atoms with Crippen molar-refractivity contribution in [3.63, 3.8) is 0 Å². The quantitative estimate of drug-likeness (QED) is 0.864. The summed E-state index contributed by atoms with van der Waals surface area (Å²) in [4.78, 5) is 23.0. The molecule has 0 atom stereocenters. The summed E-state index contributed by atoms with van der Waals surface area (Å²) < 4.78 is 30.4. The molecule has 0 radical (unpaired) electrons. The van der Waals surface area contributed by atoms with Gasteiger partial charge in [-0.25, -0.2) is 8.78 Å². The summed E-state index contributed by atoms with van der Waals surface area (Å²) in [6.45, 7) is -0.484. The molecule has 0 aliphatic carbocycles. The fourth-order valence-corrected chi connectivity index (χ4v) is 2.20. The molecular formula is C14H11F2NO3S. The van der Waals surface area contributed by atoms with Gasteiger partial charge < -0.3 is 10.1 Å². The lowest BCUT2D eigenvalue weighted by Gasteiger charge is -2.06. The molecular weight excluding hydrogens is 300 g/mol. The number of rotatable bonds is 5. The molecule has 0 fully saturated rings. The molecule has 0 spiro atoms. The summed E-state index contributed by atoms with van der Waals surface area (Å²) >= 11 is 1.46. The van der Waals surface area contributed by atoms with E-state index in [0.717, 1.165) is 17.7 Å². The fraction of sp³-hybridized carbons (Fsp3) is 0.143. The minimum Gasteiger partial charge on any atom is -0.455 e. The zero-order valence-corrected chi connectivity index (χ0v) is 11.6. The van der Waals surface area contributed by atoms with Crippen molar-refractivity contribution in [3.8, 4) is 0 Å². The summed E-state index contributed by atoms with van der Waals surface area (Å²) in [6.07, 6.45) is 0.0853. The molecule has 1 N–H and O–H groups in total. The van der Waals surface area contributed by atoms with E-state index in [4.69, 9.17) is 4.74 Å². The number of amides is 1. The first-order valence-electron chi connectivity index (χ1n) is 5.96. The van der Waals surface area contributed by atoms with Crippen LogP contribution in [0.4, 0.5) is 14.5 Å². The van der Waals surface area contributed by atoms with E-state index in [9.17, 15) is 18.4 Å². The molecule has 0 unspecified atom stereocenters. The van der Waals surface area contributed by atoms with Gasteiger partial charge in [-0.15, -0.1) is 0 Å². The Kier molecular flexibility index (Phi) is 4.99. The second-order valence-corrected chi connectivity index (χ2v) is 4.93. The lowest BCUT2D eigenvalue weighted by Crippen LogP contribution is -2.21. The van der Waals surface area contributed by atoms with Gasteiger partial charge in [-0.3, -0.25) is 9.59 Å². The molecule has 110 valence electrons. The zero-order valence-electron chi connectivity index (χ0n) is 10.8. The standard InChI is InChI=1S/C14H11F2NO3S/c15-11-2-1-10(6-12(11)16)17-13(18)7-20-14(19)5-9-3-4-21-8-9/h1-4,6,8H,5,7H2,(H,17,18). The second-order valence-electron chi connectivity index (χ2n) is 4.15. The third kappa shape index (κ3) is 4.64. The Morgan fingerprint density at radius 1 is 1.19 bits per heavy atom. The topological polar surface area (TPSA) is 55.4 Å². The van der Waals surface area contributed by atoms with Crippen molar-refractivity contribution in [1.82, 2.24) is 0 Å². The lowest BCUT2D eigenvalue weighted by molar-refractivity contribution is -0.146. The van der Waals surface area contributed by atoms with Gasteiger partial charge in [0.1, 0.15) is 0 Å². The van der Waals surface area contributed by atoms with Gasteiger partial charge in [0, 0.05) is 11.8 Å². The van der Waals surface area contributed by atoms with E-state index in [2.05, 4.69) is 5.32 Å². The summed E-state index contributed by atoms with van der Waals surface area (Å²) in [5, 5.41) is 5.94. The average molecular weight is 311 g/mol. The van der Waals surface area contributed by atoms with Crippen LogP contribution in [0.15, 0.2) is 35.0 Å². The Morgan fingerprint density at radius 3 is 2.67 bits per heavy atom. The smallest absolute Gasteiger partial charge is 0.310 e. The number of anilines is 1. The van der Waals surface area contributed by atoms with Crippen LogP contribution < -0.4 is 5.32 Å². The maximum atomic E-state index is 12.9. The van der Waals surface area contributed by atoms with Crippen molar-refractivity contribution in [2.24, 2.45) is 0 Å². The molecule has 4 nitrogen and oxygen atoms in total. The molecule has 1 amide bonds. The van der Waals surface area contributed by atoms with Crippen LogP contribution in [-0.2, 0) is 20.7 Å². The number of hydrogen-bond donors (Lipinski definition) is 1. The molecule has 1 aromatic heterocycles. The highest BCUT2D eigenvalue weighted by Crippen LogP contribution is 2.13. The maximum absolute atomic E-state index is 12.9. The first-order chi connectivity index (χ1) is 10.0. The van der Waals surface area contributed by atoms with E-state index >= 15 is 0 Å². The molecule has 2 aromatic rings. The van der Waals surface area contributed by atoms with Gasteiger partial charge in [0.05, 0.1) is 6.42 Å². The van der Waals surface area contributed by atoms with Crippen LogP contribution >= 0.6 is 11.3 Å². The minimum atomic E-state index is -1.07. The molecule has 7 heteroatoms. The summed E-state index contributed by atoms with van der Waals surface area (Å²) in [5.41, 5.74) is 0.902. The Labute approximate surface area is 123 Å². The van der Waals surface area contributed by atoms with Crippen LogP contribution in [0.25, 0.3) is 0 Å². The largest absolute Gasteiger partial charge is 0.455 e. The van der Waals surface area contributed by atoms with Crippen LogP contribution in [0, 0.1) is 11.6 Å². The Balaban J connectivity index is 1.79. The highest BCUT2D eigenvalue weighted by Gasteiger charge is 2.10. The third-order valence-electron chi connectivity index (χ3n) is 2.50. The van der Waals surface area contributed by atoms with Gasteiger partial charge in [-0.1, -0.05) is 0 Å². The van der Waals surface area contributed by atoms with Gasteiger partial charge in [0.25, 0.3) is 5.91 Å². The molecule has 21 heavy (non-hydrogen) atoms. The minimum absolute atomic E-state index is 0.0853. The number of benzene rings is 1. The van der Waals surface area contributed by atoms with Crippen molar-refractivity contribution in [1.29, 1.82) is 0 Å². The summed E-state index contributed by atoms with van der Waals surface area (Å²) in [7, 11) is 0. The number of halogens is 2. The highest BCUT2D eigenvalue weighted by molar-refractivity contribution is 7.07. The van der Waals surface area contributed by atoms with E-state index in [1.54, 1.807) is 6.07 Å². The van der Waals surface area contributed by atoms with E-state index in [-0.39, 0.29) is 12.1 Å². The number of thiophene rings is 1. The summed E-state index contributed by atoms with van der Waals surface area (Å²) in [5.74, 6) is -3.23. The van der Waals surface area contributed by atoms with E-state index < -0.39 is 30.1 Å². The van der Waals surface area contributed by atoms with Crippen LogP contribution in [0.1, 0.15) is 5.56 Å². The molecule has 1 aromatic carbocycles. The van der Waals surface area contributed by atoms with E-state index in [1.165, 1.54) is 17.4 Å². The Bertz CT molecular complexity index is 644. The van der Waals surface area contributed by atoms with Crippen LogP contribution in [-0.4, -0.2) is 18.5 Å². The SMILES string of the molecule is O=C(COC(=O)Cc1ccsc1)Nc1ccc(F)c(F)c1. The van der Waals surface area contributed by atoms with Crippen molar-refractivity contribution in [2.45, 2.75) is 6.42 Å². The average Bonchev–Trinajstić information content (AvgIpc) is 2.93. The van der Waals surface area contributed by atoms with Crippen molar-refractivity contribution >= 4 is 28.9 Å².